The molecule has 0 aliphatic carbocycles. The fourth-order valence-electron chi connectivity index (χ4n) is 3.69. The first-order valence-electron chi connectivity index (χ1n) is 10.2. The van der Waals surface area contributed by atoms with Crippen LogP contribution in [-0.4, -0.2) is 39.1 Å². The molecule has 0 bridgehead atoms. The number of halogens is 1. The summed E-state index contributed by atoms with van der Waals surface area (Å²) < 4.78 is 25.4. The van der Waals surface area contributed by atoms with Crippen LogP contribution in [-0.2, 0) is 4.74 Å². The molecule has 4 aromatic rings. The minimum Gasteiger partial charge on any atom is -0.412 e. The van der Waals surface area contributed by atoms with Crippen LogP contribution in [0.2, 0.25) is 0 Å². The number of hydrogen-bond donors (Lipinski definition) is 0. The van der Waals surface area contributed by atoms with Crippen molar-refractivity contribution in [3.05, 3.63) is 102 Å². The van der Waals surface area contributed by atoms with Gasteiger partial charge in [0, 0.05) is 18.0 Å². The van der Waals surface area contributed by atoms with Crippen LogP contribution in [0.1, 0.15) is 34.0 Å². The van der Waals surface area contributed by atoms with Crippen LogP contribution < -0.4 is 0 Å². The number of benzene rings is 2. The van der Waals surface area contributed by atoms with Gasteiger partial charge in [0.1, 0.15) is 18.0 Å². The zero-order valence-corrected chi connectivity index (χ0v) is 17.0. The quantitative estimate of drug-likeness (QED) is 0.482. The summed E-state index contributed by atoms with van der Waals surface area (Å²) >= 11 is 0. The number of aromatic nitrogens is 3. The highest BCUT2D eigenvalue weighted by Crippen LogP contribution is 2.33. The summed E-state index contributed by atoms with van der Waals surface area (Å²) in [7, 11) is 0. The Balaban J connectivity index is 1.43. The normalized spacial score (nSPS) is 18.5. The standard InChI is InChI=1S/C24H19FN4O3/c25-19-8-6-17(7-9-19)21-15-29(14-20(31-21)16-4-2-1-3-5-16)24(30)23-28-27-22(32-23)18-10-12-26-13-11-18/h1-13,20-21H,14-15H2. The molecule has 2 aromatic carbocycles. The predicted molar refractivity (Wildman–Crippen MR) is 113 cm³/mol. The Bertz CT molecular complexity index is 1200. The van der Waals surface area contributed by atoms with E-state index in [0.717, 1.165) is 11.1 Å². The minimum atomic E-state index is -0.430. The molecule has 0 radical (unpaired) electrons. The molecule has 1 fully saturated rings. The average molecular weight is 430 g/mol. The van der Waals surface area contributed by atoms with Crippen molar-refractivity contribution < 1.29 is 18.3 Å². The lowest BCUT2D eigenvalue weighted by atomic mass is 10.0. The first kappa shape index (κ1) is 20.0. The molecule has 32 heavy (non-hydrogen) atoms. The van der Waals surface area contributed by atoms with Crippen molar-refractivity contribution in [2.24, 2.45) is 0 Å². The summed E-state index contributed by atoms with van der Waals surface area (Å²) in [4.78, 5) is 18.9. The van der Waals surface area contributed by atoms with E-state index in [1.54, 1.807) is 41.6 Å². The molecule has 0 N–H and O–H groups in total. The Kier molecular flexibility index (Phi) is 5.43. The van der Waals surface area contributed by atoms with Gasteiger partial charge in [-0.2, -0.15) is 0 Å². The van der Waals surface area contributed by atoms with Crippen molar-refractivity contribution in [1.29, 1.82) is 0 Å². The number of pyridine rings is 1. The van der Waals surface area contributed by atoms with Gasteiger partial charge in [0.25, 0.3) is 0 Å². The zero-order chi connectivity index (χ0) is 21.9. The Labute approximate surface area is 183 Å². The van der Waals surface area contributed by atoms with Crippen LogP contribution in [0, 0.1) is 5.82 Å². The molecule has 8 heteroatoms. The Morgan fingerprint density at radius 2 is 1.53 bits per heavy atom. The lowest BCUT2D eigenvalue weighted by Crippen LogP contribution is -2.43. The minimum absolute atomic E-state index is 0.0941. The third kappa shape index (κ3) is 4.13. The Morgan fingerprint density at radius 3 is 2.22 bits per heavy atom. The average Bonchev–Trinajstić information content (AvgIpc) is 3.35. The first-order valence-corrected chi connectivity index (χ1v) is 10.2. The van der Waals surface area contributed by atoms with Gasteiger partial charge in [0.15, 0.2) is 0 Å². The molecular formula is C24H19FN4O3. The van der Waals surface area contributed by atoms with Gasteiger partial charge in [0.05, 0.1) is 13.1 Å². The topological polar surface area (TPSA) is 81.3 Å². The second kappa shape index (κ2) is 8.68. The molecule has 2 aromatic heterocycles. The van der Waals surface area contributed by atoms with Gasteiger partial charge in [-0.3, -0.25) is 9.78 Å². The predicted octanol–water partition coefficient (Wildman–Crippen LogP) is 4.23. The van der Waals surface area contributed by atoms with Crippen LogP contribution in [0.5, 0.6) is 0 Å². The fourth-order valence-corrected chi connectivity index (χ4v) is 3.69. The summed E-state index contributed by atoms with van der Waals surface area (Å²) in [5.41, 5.74) is 2.41. The van der Waals surface area contributed by atoms with Gasteiger partial charge in [0.2, 0.25) is 5.89 Å². The van der Waals surface area contributed by atoms with Gasteiger partial charge in [-0.05, 0) is 35.4 Å². The van der Waals surface area contributed by atoms with E-state index in [1.165, 1.54) is 12.1 Å². The summed E-state index contributed by atoms with van der Waals surface area (Å²) in [6, 6.07) is 19.2. The molecular weight excluding hydrogens is 411 g/mol. The molecule has 2 unspecified atom stereocenters. The second-order valence-electron chi connectivity index (χ2n) is 7.43. The molecule has 1 aliphatic heterocycles. The van der Waals surface area contributed by atoms with Crippen molar-refractivity contribution in [3.8, 4) is 11.5 Å². The van der Waals surface area contributed by atoms with E-state index in [2.05, 4.69) is 15.2 Å². The zero-order valence-electron chi connectivity index (χ0n) is 17.0. The van der Waals surface area contributed by atoms with Crippen LogP contribution in [0.25, 0.3) is 11.5 Å². The Morgan fingerprint density at radius 1 is 0.875 bits per heavy atom. The van der Waals surface area contributed by atoms with Crippen LogP contribution >= 0.6 is 0 Å². The molecule has 1 saturated heterocycles. The third-order valence-corrected chi connectivity index (χ3v) is 5.34. The molecule has 7 nitrogen and oxygen atoms in total. The van der Waals surface area contributed by atoms with Gasteiger partial charge in [-0.15, -0.1) is 10.2 Å². The molecule has 0 saturated carbocycles. The van der Waals surface area contributed by atoms with E-state index in [4.69, 9.17) is 9.15 Å². The van der Waals surface area contributed by atoms with Crippen molar-refractivity contribution >= 4 is 5.91 Å². The van der Waals surface area contributed by atoms with E-state index in [-0.39, 0.29) is 36.2 Å². The number of amides is 1. The molecule has 1 amide bonds. The monoisotopic (exact) mass is 430 g/mol. The molecule has 0 spiro atoms. The number of carbonyl (C=O) groups excluding carboxylic acids is 1. The van der Waals surface area contributed by atoms with E-state index in [0.29, 0.717) is 12.1 Å². The van der Waals surface area contributed by atoms with E-state index >= 15 is 0 Å². The largest absolute Gasteiger partial charge is 0.412 e. The molecule has 5 rings (SSSR count). The van der Waals surface area contributed by atoms with Gasteiger partial charge < -0.3 is 14.1 Å². The SMILES string of the molecule is O=C(c1nnc(-c2ccncc2)o1)N1CC(c2ccccc2)OC(c2ccc(F)cc2)C1. The maximum Gasteiger partial charge on any atom is 0.311 e. The maximum absolute atomic E-state index is 13.4. The summed E-state index contributed by atoms with van der Waals surface area (Å²) in [5.74, 6) is -0.553. The highest BCUT2D eigenvalue weighted by Gasteiger charge is 2.34. The maximum atomic E-state index is 13.4. The van der Waals surface area contributed by atoms with E-state index < -0.39 is 6.10 Å². The molecule has 1 aliphatic rings. The van der Waals surface area contributed by atoms with Gasteiger partial charge in [-0.1, -0.05) is 42.5 Å². The number of nitrogens with zero attached hydrogens (tertiary/aromatic N) is 4. The molecule has 3 heterocycles. The highest BCUT2D eigenvalue weighted by atomic mass is 19.1. The summed E-state index contributed by atoms with van der Waals surface area (Å²) in [5, 5.41) is 7.96. The summed E-state index contributed by atoms with van der Waals surface area (Å²) in [6.07, 6.45) is 2.44. The van der Waals surface area contributed by atoms with Crippen molar-refractivity contribution in [2.75, 3.05) is 13.1 Å². The summed E-state index contributed by atoms with van der Waals surface area (Å²) in [6.45, 7) is 0.605. The molecule has 2 atom stereocenters. The van der Waals surface area contributed by atoms with Crippen LogP contribution in [0.4, 0.5) is 4.39 Å². The third-order valence-electron chi connectivity index (χ3n) is 5.34. The smallest absolute Gasteiger partial charge is 0.311 e. The van der Waals surface area contributed by atoms with Crippen molar-refractivity contribution in [3.63, 3.8) is 0 Å². The van der Waals surface area contributed by atoms with E-state index in [9.17, 15) is 9.18 Å². The second-order valence-corrected chi connectivity index (χ2v) is 7.43. The number of carbonyl (C=O) groups is 1. The Hall–Kier alpha value is -3.91. The van der Waals surface area contributed by atoms with Crippen molar-refractivity contribution in [2.45, 2.75) is 12.2 Å². The fraction of sp³-hybridized carbons (Fsp3) is 0.167. The van der Waals surface area contributed by atoms with E-state index in [1.807, 2.05) is 30.3 Å². The number of morpholine rings is 1. The van der Waals surface area contributed by atoms with Crippen LogP contribution in [0.3, 0.4) is 0 Å². The lowest BCUT2D eigenvalue weighted by Gasteiger charge is -2.38. The highest BCUT2D eigenvalue weighted by molar-refractivity contribution is 5.90. The number of rotatable bonds is 4. The molecule has 160 valence electrons. The van der Waals surface area contributed by atoms with Crippen molar-refractivity contribution in [1.82, 2.24) is 20.1 Å². The number of ether oxygens (including phenoxy) is 1. The first-order chi connectivity index (χ1) is 15.7. The lowest BCUT2D eigenvalue weighted by molar-refractivity contribution is -0.0803. The van der Waals surface area contributed by atoms with Crippen LogP contribution in [0.15, 0.2) is 83.5 Å². The van der Waals surface area contributed by atoms with Gasteiger partial charge >= 0.3 is 11.8 Å². The number of hydrogen-bond acceptors (Lipinski definition) is 6. The van der Waals surface area contributed by atoms with Gasteiger partial charge in [-0.25, -0.2) is 4.39 Å².